The fraction of sp³-hybridized carbons (Fsp3) is 0.462. The Kier molecular flexibility index (Phi) is 5.98. The molecule has 0 aliphatic carbocycles. The Labute approximate surface area is 123 Å². The molecule has 0 aliphatic rings. The van der Waals surface area contributed by atoms with Gasteiger partial charge in [-0.05, 0) is 19.1 Å². The van der Waals surface area contributed by atoms with E-state index in [9.17, 15) is 22.4 Å². The lowest BCUT2D eigenvalue weighted by molar-refractivity contribution is -0.274. The molecule has 0 fully saturated rings. The molecule has 2 N–H and O–H groups in total. The second kappa shape index (κ2) is 7.30. The van der Waals surface area contributed by atoms with Crippen molar-refractivity contribution in [1.29, 1.82) is 0 Å². The van der Waals surface area contributed by atoms with Gasteiger partial charge in [-0.15, -0.1) is 13.2 Å². The van der Waals surface area contributed by atoms with Crippen LogP contribution in [-0.2, 0) is 9.53 Å². The highest BCUT2D eigenvalue weighted by Crippen LogP contribution is 2.33. The van der Waals surface area contributed by atoms with E-state index in [-0.39, 0.29) is 17.9 Å². The van der Waals surface area contributed by atoms with Crippen LogP contribution in [0.5, 0.6) is 11.5 Å². The summed E-state index contributed by atoms with van der Waals surface area (Å²) in [5.41, 5.74) is 5.62. The van der Waals surface area contributed by atoms with E-state index in [4.69, 9.17) is 10.5 Å². The Balaban J connectivity index is 3.01. The van der Waals surface area contributed by atoms with Crippen molar-refractivity contribution in [1.82, 2.24) is 0 Å². The lowest BCUT2D eigenvalue weighted by Crippen LogP contribution is -2.31. The molecule has 0 aromatic heterocycles. The van der Waals surface area contributed by atoms with Crippen molar-refractivity contribution in [2.45, 2.75) is 25.5 Å². The van der Waals surface area contributed by atoms with E-state index >= 15 is 0 Å². The second-order valence-corrected chi connectivity index (χ2v) is 4.13. The number of carbonyl (C=O) groups is 1. The number of ether oxygens (including phenoxy) is 3. The van der Waals surface area contributed by atoms with Crippen molar-refractivity contribution in [2.75, 3.05) is 13.7 Å². The number of benzene rings is 1. The maximum Gasteiger partial charge on any atom is 0.573 e. The summed E-state index contributed by atoms with van der Waals surface area (Å²) < 4.78 is 63.4. The maximum absolute atomic E-state index is 13.9. The Bertz CT molecular complexity index is 521. The van der Waals surface area contributed by atoms with Crippen LogP contribution in [0.2, 0.25) is 0 Å². The van der Waals surface area contributed by atoms with E-state index in [0.29, 0.717) is 0 Å². The lowest BCUT2D eigenvalue weighted by atomic mass is 10.0. The first kappa shape index (κ1) is 18.0. The molecule has 5 nitrogen and oxygen atoms in total. The molecule has 2 atom stereocenters. The lowest BCUT2D eigenvalue weighted by Gasteiger charge is -2.19. The molecular formula is C13H15F4NO4. The molecule has 1 aromatic carbocycles. The summed E-state index contributed by atoms with van der Waals surface area (Å²) in [6.07, 6.45) is -7.05. The standard InChI is InChI=1S/C13H15F4NO4/c1-3-21-12(19)10(14)11(18)8-5-4-7(6-9(8)20-2)22-13(15,16)17/h4-6,10-11H,3,18H2,1-2H3/t10?,11-/m1/s1. The first-order valence-corrected chi connectivity index (χ1v) is 6.19. The summed E-state index contributed by atoms with van der Waals surface area (Å²) >= 11 is 0. The van der Waals surface area contributed by atoms with Crippen LogP contribution >= 0.6 is 0 Å². The van der Waals surface area contributed by atoms with Crippen LogP contribution in [0.3, 0.4) is 0 Å². The molecule has 1 aromatic rings. The van der Waals surface area contributed by atoms with Crippen molar-refractivity contribution in [3.63, 3.8) is 0 Å². The fourth-order valence-electron chi connectivity index (χ4n) is 1.69. The number of carbonyl (C=O) groups excluding carboxylic acids is 1. The summed E-state index contributed by atoms with van der Waals surface area (Å²) in [5.74, 6) is -1.85. The van der Waals surface area contributed by atoms with Crippen LogP contribution < -0.4 is 15.2 Å². The number of methoxy groups -OCH3 is 1. The highest BCUT2D eigenvalue weighted by molar-refractivity contribution is 5.76. The SMILES string of the molecule is CCOC(=O)C(F)[C@H](N)c1ccc(OC(F)(F)F)cc1OC. The minimum Gasteiger partial charge on any atom is -0.496 e. The van der Waals surface area contributed by atoms with Crippen molar-refractivity contribution < 1.29 is 36.6 Å². The fourth-order valence-corrected chi connectivity index (χ4v) is 1.69. The molecule has 9 heteroatoms. The van der Waals surface area contributed by atoms with Crippen LogP contribution in [0.15, 0.2) is 18.2 Å². The number of halogens is 4. The Hall–Kier alpha value is -2.03. The van der Waals surface area contributed by atoms with Gasteiger partial charge in [-0.2, -0.15) is 0 Å². The van der Waals surface area contributed by atoms with Gasteiger partial charge < -0.3 is 19.9 Å². The van der Waals surface area contributed by atoms with Crippen LogP contribution in [0, 0.1) is 0 Å². The van der Waals surface area contributed by atoms with Crippen molar-refractivity contribution in [3.05, 3.63) is 23.8 Å². The van der Waals surface area contributed by atoms with Gasteiger partial charge in [-0.3, -0.25) is 0 Å². The van der Waals surface area contributed by atoms with Gasteiger partial charge in [-0.1, -0.05) is 0 Å². The highest BCUT2D eigenvalue weighted by Gasteiger charge is 2.33. The zero-order valence-electron chi connectivity index (χ0n) is 11.8. The van der Waals surface area contributed by atoms with Crippen molar-refractivity contribution >= 4 is 5.97 Å². The Morgan fingerprint density at radius 1 is 1.36 bits per heavy atom. The van der Waals surface area contributed by atoms with Gasteiger partial charge in [0.2, 0.25) is 6.17 Å². The predicted octanol–water partition coefficient (Wildman–Crippen LogP) is 2.49. The van der Waals surface area contributed by atoms with Crippen LogP contribution in [-0.4, -0.2) is 32.2 Å². The molecule has 0 aliphatic heterocycles. The van der Waals surface area contributed by atoms with E-state index < -0.39 is 30.3 Å². The third-order valence-corrected chi connectivity index (χ3v) is 2.62. The predicted molar refractivity (Wildman–Crippen MR) is 68.1 cm³/mol. The highest BCUT2D eigenvalue weighted by atomic mass is 19.4. The van der Waals surface area contributed by atoms with Crippen LogP contribution in [0.4, 0.5) is 17.6 Å². The topological polar surface area (TPSA) is 70.8 Å². The Morgan fingerprint density at radius 3 is 2.50 bits per heavy atom. The number of hydrogen-bond donors (Lipinski definition) is 1. The average molecular weight is 325 g/mol. The summed E-state index contributed by atoms with van der Waals surface area (Å²) in [6, 6.07) is 1.49. The van der Waals surface area contributed by atoms with Crippen molar-refractivity contribution in [2.24, 2.45) is 5.73 Å². The van der Waals surface area contributed by atoms with Gasteiger partial charge in [0.25, 0.3) is 0 Å². The molecule has 0 saturated heterocycles. The van der Waals surface area contributed by atoms with Crippen LogP contribution in [0.1, 0.15) is 18.5 Å². The first-order valence-electron chi connectivity index (χ1n) is 6.19. The maximum atomic E-state index is 13.9. The van der Waals surface area contributed by atoms with E-state index in [0.717, 1.165) is 18.2 Å². The van der Waals surface area contributed by atoms with Gasteiger partial charge in [0, 0.05) is 11.6 Å². The van der Waals surface area contributed by atoms with E-state index in [1.165, 1.54) is 14.0 Å². The van der Waals surface area contributed by atoms with E-state index in [1.54, 1.807) is 0 Å². The molecule has 0 saturated carbocycles. The molecule has 1 rings (SSSR count). The molecule has 124 valence electrons. The summed E-state index contributed by atoms with van der Waals surface area (Å²) in [6.45, 7) is 1.47. The smallest absolute Gasteiger partial charge is 0.496 e. The normalized spacial score (nSPS) is 14.1. The number of nitrogens with two attached hydrogens (primary N) is 1. The third-order valence-electron chi connectivity index (χ3n) is 2.62. The van der Waals surface area contributed by atoms with Gasteiger partial charge in [0.05, 0.1) is 19.8 Å². The summed E-state index contributed by atoms with van der Waals surface area (Å²) in [4.78, 5) is 11.3. The minimum atomic E-state index is -4.87. The summed E-state index contributed by atoms with van der Waals surface area (Å²) in [7, 11) is 1.17. The van der Waals surface area contributed by atoms with Crippen LogP contribution in [0.25, 0.3) is 0 Å². The monoisotopic (exact) mass is 325 g/mol. The summed E-state index contributed by atoms with van der Waals surface area (Å²) in [5, 5.41) is 0. The molecule has 0 amide bonds. The zero-order chi connectivity index (χ0) is 16.9. The number of hydrogen-bond acceptors (Lipinski definition) is 5. The first-order chi connectivity index (χ1) is 10.2. The zero-order valence-corrected chi connectivity index (χ0v) is 11.8. The second-order valence-electron chi connectivity index (χ2n) is 4.13. The molecule has 0 heterocycles. The molecule has 1 unspecified atom stereocenters. The number of esters is 1. The molecular weight excluding hydrogens is 310 g/mol. The van der Waals surface area contributed by atoms with Gasteiger partial charge in [0.15, 0.2) is 0 Å². The largest absolute Gasteiger partial charge is 0.573 e. The van der Waals surface area contributed by atoms with Gasteiger partial charge in [-0.25, -0.2) is 9.18 Å². The van der Waals surface area contributed by atoms with Gasteiger partial charge >= 0.3 is 12.3 Å². The molecule has 0 radical (unpaired) electrons. The number of alkyl halides is 4. The van der Waals surface area contributed by atoms with E-state index in [1.807, 2.05) is 0 Å². The van der Waals surface area contributed by atoms with Gasteiger partial charge in [0.1, 0.15) is 11.5 Å². The average Bonchev–Trinajstić information content (AvgIpc) is 2.44. The molecule has 0 bridgehead atoms. The minimum absolute atomic E-state index is 0.0116. The van der Waals surface area contributed by atoms with Crippen molar-refractivity contribution in [3.8, 4) is 11.5 Å². The molecule has 22 heavy (non-hydrogen) atoms. The third kappa shape index (κ3) is 4.76. The van der Waals surface area contributed by atoms with E-state index in [2.05, 4.69) is 9.47 Å². The number of rotatable bonds is 6. The molecule has 0 spiro atoms. The Morgan fingerprint density at radius 2 is 2.00 bits per heavy atom. The quantitative estimate of drug-likeness (QED) is 0.643.